The molecule has 1 amide bonds. The lowest BCUT2D eigenvalue weighted by Crippen LogP contribution is -2.12. The number of nitriles is 2. The number of halogens is 6. The molecule has 6 aromatic rings. The van der Waals surface area contributed by atoms with Crippen LogP contribution < -0.4 is 5.73 Å². The van der Waals surface area contributed by atoms with Gasteiger partial charge in [0, 0.05) is 58.4 Å². The van der Waals surface area contributed by atoms with Crippen LogP contribution in [-0.2, 0) is 35.0 Å². The predicted octanol–water partition coefficient (Wildman–Crippen LogP) is 9.42. The van der Waals surface area contributed by atoms with Crippen molar-refractivity contribution in [1.29, 1.82) is 10.5 Å². The zero-order valence-corrected chi connectivity index (χ0v) is 29.7. The lowest BCUT2D eigenvalue weighted by atomic mass is 10.1. The molecule has 0 radical (unpaired) electrons. The summed E-state index contributed by atoms with van der Waals surface area (Å²) in [6.07, 6.45) is -2.87. The molecular weight excluding hydrogens is 736 g/mol. The summed E-state index contributed by atoms with van der Waals surface area (Å²) in [6, 6.07) is 25.6. The first kappa shape index (κ1) is 40.1. The molecule has 0 fully saturated rings. The number of aryl methyl sites for hydroxylation is 2. The van der Waals surface area contributed by atoms with Crippen molar-refractivity contribution in [2.24, 2.45) is 5.73 Å². The van der Waals surface area contributed by atoms with Gasteiger partial charge in [0.2, 0.25) is 0 Å². The van der Waals surface area contributed by atoms with E-state index in [-0.39, 0.29) is 18.7 Å². The van der Waals surface area contributed by atoms with Gasteiger partial charge in [-0.05, 0) is 73.5 Å². The van der Waals surface area contributed by atoms with Crippen LogP contribution in [0.3, 0.4) is 0 Å². The summed E-state index contributed by atoms with van der Waals surface area (Å²) in [5.74, 6) is -2.18. The Hall–Kier alpha value is -7.06. The maximum Gasteiger partial charge on any atom is 0.416 e. The summed E-state index contributed by atoms with van der Waals surface area (Å²) in [7, 11) is 0. The number of hydrogen-bond donors (Lipinski definition) is 2. The lowest BCUT2D eigenvalue weighted by Gasteiger charge is -2.12. The van der Waals surface area contributed by atoms with E-state index < -0.39 is 40.9 Å². The van der Waals surface area contributed by atoms with Crippen molar-refractivity contribution in [2.45, 2.75) is 39.3 Å². The molecular formula is C42H31F6N5O3. The number of fused-ring (bicyclic) bond motifs is 2. The number of nitrogens with two attached hydrogens (primary N) is 1. The zero-order chi connectivity index (χ0) is 40.9. The number of amides is 1. The fourth-order valence-corrected chi connectivity index (χ4v) is 6.28. The largest absolute Gasteiger partial charge is 0.477 e. The summed E-state index contributed by atoms with van der Waals surface area (Å²) >= 11 is 0. The van der Waals surface area contributed by atoms with Gasteiger partial charge in [-0.2, -0.15) is 36.9 Å². The van der Waals surface area contributed by atoms with E-state index in [2.05, 4.69) is 0 Å². The summed E-state index contributed by atoms with van der Waals surface area (Å²) in [5.41, 5.74) is 7.77. The molecule has 4 aromatic carbocycles. The second-order valence-electron chi connectivity index (χ2n) is 12.9. The van der Waals surface area contributed by atoms with Gasteiger partial charge in [0.15, 0.2) is 0 Å². The van der Waals surface area contributed by atoms with Crippen molar-refractivity contribution >= 4 is 45.8 Å². The Labute approximate surface area is 316 Å². The first-order valence-corrected chi connectivity index (χ1v) is 16.7. The van der Waals surface area contributed by atoms with Crippen molar-refractivity contribution in [3.63, 3.8) is 0 Å². The van der Waals surface area contributed by atoms with Crippen LogP contribution in [0.15, 0.2) is 108 Å². The van der Waals surface area contributed by atoms with E-state index in [0.29, 0.717) is 38.8 Å². The Morgan fingerprint density at radius 2 is 1.07 bits per heavy atom. The predicted molar refractivity (Wildman–Crippen MR) is 198 cm³/mol. The second kappa shape index (κ2) is 16.1. The molecule has 2 heterocycles. The van der Waals surface area contributed by atoms with Gasteiger partial charge < -0.3 is 20.0 Å². The van der Waals surface area contributed by atoms with Gasteiger partial charge >= 0.3 is 18.3 Å². The summed E-state index contributed by atoms with van der Waals surface area (Å²) in [4.78, 5) is 22.5. The van der Waals surface area contributed by atoms with Gasteiger partial charge in [-0.15, -0.1) is 0 Å². The third kappa shape index (κ3) is 9.35. The number of para-hydroxylation sites is 2. The number of carboxylic acids is 1. The molecule has 0 aliphatic carbocycles. The van der Waals surface area contributed by atoms with Gasteiger partial charge in [0.25, 0.3) is 5.91 Å². The molecule has 0 aliphatic heterocycles. The van der Waals surface area contributed by atoms with E-state index in [0.717, 1.165) is 40.7 Å². The number of rotatable bonds is 8. The highest BCUT2D eigenvalue weighted by Gasteiger charge is 2.32. The summed E-state index contributed by atoms with van der Waals surface area (Å²) in [5, 5.41) is 28.6. The van der Waals surface area contributed by atoms with E-state index in [9.17, 15) is 35.9 Å². The lowest BCUT2D eigenvalue weighted by molar-refractivity contribution is -0.138. The normalized spacial score (nSPS) is 12.2. The maximum atomic E-state index is 13.1. The number of alkyl halides is 6. The molecule has 14 heteroatoms. The molecule has 0 unspecified atom stereocenters. The van der Waals surface area contributed by atoms with E-state index >= 15 is 0 Å². The van der Waals surface area contributed by atoms with Crippen LogP contribution in [-0.4, -0.2) is 26.1 Å². The number of primary amides is 1. The zero-order valence-electron chi connectivity index (χ0n) is 29.7. The Morgan fingerprint density at radius 1 is 0.679 bits per heavy atom. The molecule has 0 saturated heterocycles. The molecule has 0 atom stereocenters. The van der Waals surface area contributed by atoms with Crippen molar-refractivity contribution in [1.82, 2.24) is 9.13 Å². The number of carbonyl (C=O) groups is 2. The average Bonchev–Trinajstić information content (AvgIpc) is 3.65. The minimum atomic E-state index is -4.43. The third-order valence-corrected chi connectivity index (χ3v) is 8.61. The molecule has 0 aliphatic rings. The monoisotopic (exact) mass is 767 g/mol. The van der Waals surface area contributed by atoms with Crippen LogP contribution in [0, 0.1) is 36.5 Å². The maximum absolute atomic E-state index is 13.1. The van der Waals surface area contributed by atoms with Crippen molar-refractivity contribution in [3.8, 4) is 12.1 Å². The van der Waals surface area contributed by atoms with Crippen LogP contribution >= 0.6 is 0 Å². The number of benzene rings is 4. The smallest absolute Gasteiger partial charge is 0.416 e. The molecule has 6 rings (SSSR count). The minimum absolute atomic E-state index is 0.175. The number of hydrogen-bond acceptors (Lipinski definition) is 4. The standard InChI is InChI=1S/C21H16F3N3O.C21H15F3N2O2/c1-13-6-14(8-17(7-13)21(22,23)24)11-27-12-16(9-15(10-25)20(26)28)18-4-2-3-5-19(18)27;1-13-6-14(8-17(7-13)21(22,23)24)11-26-12-16(9-15(10-25)20(27)28)18-4-2-3-5-19(18)26/h2-9,12H,11H2,1H3,(H2,26,28);2-9,12H,11H2,1H3,(H,27,28)/b2*15-9+. The number of aromatic nitrogens is 2. The molecule has 3 N–H and O–H groups in total. The van der Waals surface area contributed by atoms with Gasteiger partial charge in [0.05, 0.1) is 11.1 Å². The van der Waals surface area contributed by atoms with Gasteiger partial charge in [0.1, 0.15) is 23.3 Å². The van der Waals surface area contributed by atoms with Crippen LogP contribution in [0.1, 0.15) is 44.5 Å². The Bertz CT molecular complexity index is 2450. The fraction of sp³-hybridized carbons (Fsp3) is 0.143. The second-order valence-corrected chi connectivity index (χ2v) is 12.9. The Balaban J connectivity index is 0.000000214. The van der Waals surface area contributed by atoms with E-state index in [1.807, 2.05) is 18.2 Å². The molecule has 56 heavy (non-hydrogen) atoms. The van der Waals surface area contributed by atoms with Crippen LogP contribution in [0.2, 0.25) is 0 Å². The third-order valence-electron chi connectivity index (χ3n) is 8.61. The number of carbonyl (C=O) groups excluding carboxylic acids is 1. The molecule has 0 bridgehead atoms. The molecule has 284 valence electrons. The molecule has 2 aromatic heterocycles. The van der Waals surface area contributed by atoms with E-state index in [1.54, 1.807) is 90.0 Å². The quantitative estimate of drug-likeness (QED) is 0.0903. The average molecular weight is 768 g/mol. The molecule has 8 nitrogen and oxygen atoms in total. The molecule has 0 spiro atoms. The first-order chi connectivity index (χ1) is 26.4. The number of aliphatic carboxylic acids is 1. The van der Waals surface area contributed by atoms with Crippen LogP contribution in [0.25, 0.3) is 34.0 Å². The fourth-order valence-electron chi connectivity index (χ4n) is 6.28. The highest BCUT2D eigenvalue weighted by atomic mass is 19.4. The van der Waals surface area contributed by atoms with Crippen LogP contribution in [0.4, 0.5) is 26.3 Å². The SMILES string of the molecule is Cc1cc(Cn2cc(/C=C(\C#N)C(=O)O)c3ccccc32)cc(C(F)(F)F)c1.Cc1cc(Cn2cc(/C=C(\C#N)C(N)=O)c3ccccc32)cc(C(F)(F)F)c1. The van der Waals surface area contributed by atoms with Gasteiger partial charge in [-0.1, -0.05) is 59.7 Å². The highest BCUT2D eigenvalue weighted by molar-refractivity contribution is 6.03. The highest BCUT2D eigenvalue weighted by Crippen LogP contribution is 2.33. The number of carboxylic acid groups (broad SMARTS) is 1. The van der Waals surface area contributed by atoms with Crippen molar-refractivity contribution < 1.29 is 41.0 Å². The Kier molecular flexibility index (Phi) is 11.6. The Morgan fingerprint density at radius 3 is 1.43 bits per heavy atom. The van der Waals surface area contributed by atoms with Crippen molar-refractivity contribution in [3.05, 3.63) is 153 Å². The number of nitrogens with zero attached hydrogens (tertiary/aromatic N) is 4. The topological polar surface area (TPSA) is 138 Å². The van der Waals surface area contributed by atoms with Crippen molar-refractivity contribution in [2.75, 3.05) is 0 Å². The summed E-state index contributed by atoms with van der Waals surface area (Å²) < 4.78 is 82.2. The van der Waals surface area contributed by atoms with Gasteiger partial charge in [-0.25, -0.2) is 4.79 Å². The van der Waals surface area contributed by atoms with E-state index in [4.69, 9.17) is 21.4 Å². The molecule has 0 saturated carbocycles. The van der Waals surface area contributed by atoms with Crippen LogP contribution in [0.5, 0.6) is 0 Å². The summed E-state index contributed by atoms with van der Waals surface area (Å²) in [6.45, 7) is 3.60. The minimum Gasteiger partial charge on any atom is -0.477 e. The van der Waals surface area contributed by atoms with E-state index in [1.165, 1.54) is 12.2 Å². The first-order valence-electron chi connectivity index (χ1n) is 16.7. The van der Waals surface area contributed by atoms with Gasteiger partial charge in [-0.3, -0.25) is 4.79 Å².